The molecule has 0 saturated heterocycles. The molecule has 0 unspecified atom stereocenters. The van der Waals surface area contributed by atoms with Gasteiger partial charge in [0.15, 0.2) is 0 Å². The maximum Gasteiger partial charge on any atom is 0.0468 e. The molecular formula is C43H31NS. The van der Waals surface area contributed by atoms with Gasteiger partial charge in [0.05, 0.1) is 0 Å². The molecule has 0 atom stereocenters. The number of benzene rings is 7. The van der Waals surface area contributed by atoms with Crippen molar-refractivity contribution in [3.8, 4) is 22.3 Å². The SMILES string of the molecule is CC1(C)c2ccccc2-c2cc(N(c3ccccc3)c3ccc(-c4ccc5c(ccc6sc7ccccc7c65)c4)cc3)ccc21. The highest BCUT2D eigenvalue weighted by Crippen LogP contribution is 2.50. The molecule has 2 heteroatoms. The van der Waals surface area contributed by atoms with E-state index in [0.29, 0.717) is 0 Å². The van der Waals surface area contributed by atoms with Gasteiger partial charge in [0, 0.05) is 42.6 Å². The maximum absolute atomic E-state index is 2.38. The number of para-hydroxylation sites is 1. The summed E-state index contributed by atoms with van der Waals surface area (Å²) in [5, 5.41) is 5.32. The summed E-state index contributed by atoms with van der Waals surface area (Å²) in [5.74, 6) is 0. The second-order valence-electron chi connectivity index (χ2n) is 12.6. The Kier molecular flexibility index (Phi) is 5.78. The van der Waals surface area contributed by atoms with E-state index < -0.39 is 0 Å². The zero-order valence-corrected chi connectivity index (χ0v) is 26.1. The lowest BCUT2D eigenvalue weighted by Gasteiger charge is -2.27. The van der Waals surface area contributed by atoms with Crippen molar-refractivity contribution < 1.29 is 0 Å². The van der Waals surface area contributed by atoms with Crippen LogP contribution in [-0.2, 0) is 5.41 Å². The molecule has 1 aliphatic rings. The second-order valence-corrected chi connectivity index (χ2v) is 13.7. The van der Waals surface area contributed by atoms with Crippen LogP contribution in [0.25, 0.3) is 53.2 Å². The van der Waals surface area contributed by atoms with E-state index in [0.717, 1.165) is 17.1 Å². The monoisotopic (exact) mass is 593 g/mol. The fourth-order valence-electron chi connectivity index (χ4n) is 7.41. The first-order chi connectivity index (χ1) is 22.1. The molecule has 8 aromatic rings. The zero-order chi connectivity index (χ0) is 30.1. The lowest BCUT2D eigenvalue weighted by atomic mass is 9.82. The Bertz CT molecular complexity index is 2400. The highest BCUT2D eigenvalue weighted by molar-refractivity contribution is 7.26. The Morgan fingerprint density at radius 2 is 1.16 bits per heavy atom. The number of hydrogen-bond donors (Lipinski definition) is 0. The van der Waals surface area contributed by atoms with Crippen molar-refractivity contribution in [3.63, 3.8) is 0 Å². The molecular weight excluding hydrogens is 563 g/mol. The van der Waals surface area contributed by atoms with Crippen molar-refractivity contribution in [3.05, 3.63) is 163 Å². The lowest BCUT2D eigenvalue weighted by Crippen LogP contribution is -2.15. The molecule has 0 amide bonds. The summed E-state index contributed by atoms with van der Waals surface area (Å²) >= 11 is 1.88. The number of thiophene rings is 1. The van der Waals surface area contributed by atoms with Crippen LogP contribution in [0.3, 0.4) is 0 Å². The van der Waals surface area contributed by atoms with E-state index >= 15 is 0 Å². The number of anilines is 3. The number of nitrogens with zero attached hydrogens (tertiary/aromatic N) is 1. The minimum absolute atomic E-state index is 0.00810. The van der Waals surface area contributed by atoms with Gasteiger partial charge in [-0.25, -0.2) is 0 Å². The second kappa shape index (κ2) is 9.92. The number of hydrogen-bond acceptors (Lipinski definition) is 2. The van der Waals surface area contributed by atoms with Crippen molar-refractivity contribution >= 4 is 59.3 Å². The maximum atomic E-state index is 2.38. The number of rotatable bonds is 4. The Balaban J connectivity index is 1.12. The molecule has 7 aromatic carbocycles. The molecule has 1 aromatic heterocycles. The van der Waals surface area contributed by atoms with E-state index in [2.05, 4.69) is 170 Å². The quantitative estimate of drug-likeness (QED) is 0.196. The smallest absolute Gasteiger partial charge is 0.0468 e. The fourth-order valence-corrected chi connectivity index (χ4v) is 8.53. The molecule has 0 N–H and O–H groups in total. The van der Waals surface area contributed by atoms with Crippen molar-refractivity contribution in [1.82, 2.24) is 0 Å². The van der Waals surface area contributed by atoms with Crippen LogP contribution in [0.5, 0.6) is 0 Å². The van der Waals surface area contributed by atoms with E-state index in [1.807, 2.05) is 11.3 Å². The predicted octanol–water partition coefficient (Wildman–Crippen LogP) is 12.7. The minimum atomic E-state index is -0.00810. The van der Waals surface area contributed by atoms with Crippen LogP contribution in [0.1, 0.15) is 25.0 Å². The molecule has 0 saturated carbocycles. The molecule has 1 aliphatic carbocycles. The van der Waals surface area contributed by atoms with Gasteiger partial charge < -0.3 is 4.90 Å². The molecule has 1 heterocycles. The molecule has 0 radical (unpaired) electrons. The number of fused-ring (bicyclic) bond motifs is 8. The van der Waals surface area contributed by atoms with E-state index in [9.17, 15) is 0 Å². The fraction of sp³-hybridized carbons (Fsp3) is 0.0698. The summed E-state index contributed by atoms with van der Waals surface area (Å²) in [6, 6.07) is 55.8. The molecule has 1 nitrogen and oxygen atoms in total. The van der Waals surface area contributed by atoms with E-state index in [1.165, 1.54) is 64.3 Å². The molecule has 0 fully saturated rings. The molecule has 45 heavy (non-hydrogen) atoms. The third kappa shape index (κ3) is 4.06. The van der Waals surface area contributed by atoms with Crippen molar-refractivity contribution in [2.75, 3.05) is 4.90 Å². The van der Waals surface area contributed by atoms with E-state index in [1.54, 1.807) is 0 Å². The van der Waals surface area contributed by atoms with Gasteiger partial charge in [-0.2, -0.15) is 0 Å². The largest absolute Gasteiger partial charge is 0.310 e. The van der Waals surface area contributed by atoms with Crippen LogP contribution in [0.2, 0.25) is 0 Å². The highest BCUT2D eigenvalue weighted by Gasteiger charge is 2.35. The van der Waals surface area contributed by atoms with Gasteiger partial charge in [-0.3, -0.25) is 0 Å². The molecule has 214 valence electrons. The van der Waals surface area contributed by atoms with Crippen LogP contribution >= 0.6 is 11.3 Å². The van der Waals surface area contributed by atoms with Crippen molar-refractivity contribution in [2.45, 2.75) is 19.3 Å². The van der Waals surface area contributed by atoms with E-state index in [4.69, 9.17) is 0 Å². The molecule has 0 spiro atoms. The molecule has 0 aliphatic heterocycles. The lowest BCUT2D eigenvalue weighted by molar-refractivity contribution is 0.660. The standard InChI is InChI=1S/C43H31NS/c1-43(2)38-14-8-6-12-35(38)37-27-33(22-24-39(37)43)44(31-10-4-3-5-11-31)32-20-16-28(17-21-32)29-18-23-34-30(26-29)19-25-41-42(34)36-13-7-9-15-40(36)45-41/h3-27H,1-2H3. The summed E-state index contributed by atoms with van der Waals surface area (Å²) in [7, 11) is 0. The first kappa shape index (κ1) is 26.2. The van der Waals surface area contributed by atoms with Gasteiger partial charge in [-0.15, -0.1) is 11.3 Å². The van der Waals surface area contributed by atoms with Crippen LogP contribution < -0.4 is 4.90 Å². The van der Waals surface area contributed by atoms with Gasteiger partial charge in [-0.1, -0.05) is 111 Å². The van der Waals surface area contributed by atoms with Crippen molar-refractivity contribution in [1.29, 1.82) is 0 Å². The summed E-state index contributed by atoms with van der Waals surface area (Å²) in [4.78, 5) is 2.37. The van der Waals surface area contributed by atoms with E-state index in [-0.39, 0.29) is 5.41 Å². The average Bonchev–Trinajstić information content (AvgIpc) is 3.58. The van der Waals surface area contributed by atoms with Gasteiger partial charge in [0.25, 0.3) is 0 Å². The summed E-state index contributed by atoms with van der Waals surface area (Å²) < 4.78 is 2.69. The van der Waals surface area contributed by atoms with Gasteiger partial charge in [0.2, 0.25) is 0 Å². The zero-order valence-electron chi connectivity index (χ0n) is 25.3. The summed E-state index contributed by atoms with van der Waals surface area (Å²) in [6.45, 7) is 4.67. The normalized spacial score (nSPS) is 13.3. The Morgan fingerprint density at radius 1 is 0.467 bits per heavy atom. The van der Waals surface area contributed by atoms with Gasteiger partial charge in [0.1, 0.15) is 0 Å². The highest BCUT2D eigenvalue weighted by atomic mass is 32.1. The Morgan fingerprint density at radius 3 is 2.02 bits per heavy atom. The predicted molar refractivity (Wildman–Crippen MR) is 195 cm³/mol. The third-order valence-electron chi connectivity index (χ3n) is 9.66. The van der Waals surface area contributed by atoms with Crippen molar-refractivity contribution in [2.24, 2.45) is 0 Å². The summed E-state index contributed by atoms with van der Waals surface area (Å²) in [5.41, 5.74) is 11.3. The van der Waals surface area contributed by atoms with Gasteiger partial charge in [-0.05, 0) is 98.8 Å². The molecule has 9 rings (SSSR count). The average molecular weight is 594 g/mol. The van der Waals surface area contributed by atoms with Crippen LogP contribution in [0.15, 0.2) is 152 Å². The van der Waals surface area contributed by atoms with Gasteiger partial charge >= 0.3 is 0 Å². The van der Waals surface area contributed by atoms with Crippen LogP contribution in [0, 0.1) is 0 Å². The van der Waals surface area contributed by atoms with Crippen LogP contribution in [-0.4, -0.2) is 0 Å². The van der Waals surface area contributed by atoms with Crippen LogP contribution in [0.4, 0.5) is 17.1 Å². The first-order valence-corrected chi connectivity index (χ1v) is 16.4. The minimum Gasteiger partial charge on any atom is -0.310 e. The third-order valence-corrected chi connectivity index (χ3v) is 10.8. The first-order valence-electron chi connectivity index (χ1n) is 15.6. The summed E-state index contributed by atoms with van der Waals surface area (Å²) in [6.07, 6.45) is 0. The Hall–Kier alpha value is -5.18. The Labute approximate surface area is 267 Å². The topological polar surface area (TPSA) is 3.24 Å². The molecule has 0 bridgehead atoms.